The molecule has 0 spiro atoms. The van der Waals surface area contributed by atoms with E-state index in [2.05, 4.69) is 65.0 Å². The van der Waals surface area contributed by atoms with Crippen molar-refractivity contribution in [2.75, 3.05) is 0 Å². The second-order valence-electron chi connectivity index (χ2n) is 9.68. The van der Waals surface area contributed by atoms with E-state index in [1.807, 2.05) is 0 Å². The summed E-state index contributed by atoms with van der Waals surface area (Å²) in [7, 11) is 0. The van der Waals surface area contributed by atoms with Crippen LogP contribution in [-0.2, 0) is 22.4 Å². The monoisotopic (exact) mass is 416 g/mol. The summed E-state index contributed by atoms with van der Waals surface area (Å²) in [5.41, 5.74) is 8.88. The van der Waals surface area contributed by atoms with Crippen molar-refractivity contribution < 1.29 is 14.6 Å². The van der Waals surface area contributed by atoms with Crippen LogP contribution in [0.2, 0.25) is 0 Å². The topological polar surface area (TPSA) is 46.5 Å². The highest BCUT2D eigenvalue weighted by molar-refractivity contribution is 6.26. The maximum absolute atomic E-state index is 13.7. The third kappa shape index (κ3) is 2.93. The maximum Gasteiger partial charge on any atom is 0.173 e. The standard InChI is InChI=1S/C28H32O3/c1-6-17-10-15(4)11-18(7-2)22(17)24-26(29)23-21-13-20(28(31-21)25(23)27(24)30)19-12-14(3)8-9-16(19)5/h8-12,20-21,23,25,28,30H,6-7,13H2,1-5H3/t20-,21-,23-,25+,28+/m0/s1. The maximum atomic E-state index is 13.7. The van der Waals surface area contributed by atoms with Gasteiger partial charge in [0.15, 0.2) is 5.78 Å². The summed E-state index contributed by atoms with van der Waals surface area (Å²) in [5, 5.41) is 11.5. The fourth-order valence-electron chi connectivity index (χ4n) is 6.39. The summed E-state index contributed by atoms with van der Waals surface area (Å²) in [4.78, 5) is 13.7. The molecule has 0 radical (unpaired) electrons. The van der Waals surface area contributed by atoms with E-state index in [0.29, 0.717) is 5.57 Å². The summed E-state index contributed by atoms with van der Waals surface area (Å²) >= 11 is 0. The average molecular weight is 417 g/mol. The lowest BCUT2D eigenvalue weighted by Crippen LogP contribution is -2.33. The van der Waals surface area contributed by atoms with Gasteiger partial charge >= 0.3 is 0 Å². The van der Waals surface area contributed by atoms with Crippen LogP contribution in [-0.4, -0.2) is 23.1 Å². The number of fused-ring (bicyclic) bond motifs is 5. The van der Waals surface area contributed by atoms with E-state index in [9.17, 15) is 9.90 Å². The average Bonchev–Trinajstić information content (AvgIpc) is 3.41. The summed E-state index contributed by atoms with van der Waals surface area (Å²) in [5.74, 6) is 0.127. The molecule has 2 aromatic carbocycles. The predicted octanol–water partition coefficient (Wildman–Crippen LogP) is 5.78. The van der Waals surface area contributed by atoms with Crippen LogP contribution < -0.4 is 0 Å². The lowest BCUT2D eigenvalue weighted by Gasteiger charge is -2.29. The molecule has 162 valence electrons. The highest BCUT2D eigenvalue weighted by atomic mass is 16.5. The molecule has 1 aliphatic carbocycles. The van der Waals surface area contributed by atoms with E-state index in [1.165, 1.54) is 22.3 Å². The van der Waals surface area contributed by atoms with Crippen LogP contribution in [0.3, 0.4) is 0 Å². The van der Waals surface area contributed by atoms with Crippen molar-refractivity contribution in [2.45, 2.75) is 72.0 Å². The molecule has 31 heavy (non-hydrogen) atoms. The minimum absolute atomic E-state index is 0.0858. The van der Waals surface area contributed by atoms with E-state index < -0.39 is 0 Å². The smallest absolute Gasteiger partial charge is 0.173 e. The highest BCUT2D eigenvalue weighted by Gasteiger charge is 2.62. The van der Waals surface area contributed by atoms with Gasteiger partial charge in [-0.05, 0) is 67.9 Å². The summed E-state index contributed by atoms with van der Waals surface area (Å²) in [6.07, 6.45) is 2.32. The number of carbonyl (C=O) groups is 1. The Hall–Kier alpha value is -2.39. The minimum atomic E-state index is -0.239. The number of carbonyl (C=O) groups excluding carboxylic acids is 1. The fourth-order valence-corrected chi connectivity index (χ4v) is 6.39. The van der Waals surface area contributed by atoms with Crippen molar-refractivity contribution in [3.8, 4) is 0 Å². The Kier molecular flexibility index (Phi) is 4.86. The molecule has 2 aliphatic heterocycles. The number of hydrogen-bond donors (Lipinski definition) is 1. The van der Waals surface area contributed by atoms with Crippen LogP contribution >= 0.6 is 0 Å². The van der Waals surface area contributed by atoms with Crippen molar-refractivity contribution in [1.82, 2.24) is 0 Å². The molecule has 3 nitrogen and oxygen atoms in total. The Balaban J connectivity index is 1.61. The molecule has 1 N–H and O–H groups in total. The first kappa shape index (κ1) is 20.5. The second-order valence-corrected chi connectivity index (χ2v) is 9.68. The van der Waals surface area contributed by atoms with Crippen molar-refractivity contribution >= 4 is 11.4 Å². The molecule has 3 heteroatoms. The summed E-state index contributed by atoms with van der Waals surface area (Å²) in [6, 6.07) is 10.9. The van der Waals surface area contributed by atoms with Crippen LogP contribution in [0.4, 0.5) is 0 Å². The van der Waals surface area contributed by atoms with Crippen LogP contribution in [0.25, 0.3) is 5.57 Å². The van der Waals surface area contributed by atoms with Gasteiger partial charge in [-0.15, -0.1) is 0 Å². The van der Waals surface area contributed by atoms with Crippen molar-refractivity contribution in [3.05, 3.63) is 75.0 Å². The lowest BCUT2D eigenvalue weighted by atomic mass is 9.71. The first-order chi connectivity index (χ1) is 14.8. The van der Waals surface area contributed by atoms with Gasteiger partial charge in [0.05, 0.1) is 29.6 Å². The quantitative estimate of drug-likeness (QED) is 0.688. The number of aliphatic hydroxyl groups excluding tert-OH is 1. The Labute approximate surface area is 185 Å². The van der Waals surface area contributed by atoms with E-state index in [1.54, 1.807) is 0 Å². The number of ether oxygens (including phenoxy) is 1. The zero-order chi connectivity index (χ0) is 22.0. The van der Waals surface area contributed by atoms with Crippen molar-refractivity contribution in [2.24, 2.45) is 11.8 Å². The molecule has 5 rings (SSSR count). The normalized spacial score (nSPS) is 29.2. The van der Waals surface area contributed by atoms with Gasteiger partial charge in [0.2, 0.25) is 0 Å². The molecule has 0 aromatic heterocycles. The van der Waals surface area contributed by atoms with Gasteiger partial charge in [0, 0.05) is 5.92 Å². The number of ketones is 1. The van der Waals surface area contributed by atoms with E-state index in [-0.39, 0.29) is 41.5 Å². The van der Waals surface area contributed by atoms with E-state index >= 15 is 0 Å². The van der Waals surface area contributed by atoms with Crippen LogP contribution in [0.5, 0.6) is 0 Å². The molecule has 0 unspecified atom stereocenters. The molecular weight excluding hydrogens is 384 g/mol. The van der Waals surface area contributed by atoms with Crippen LogP contribution in [0, 0.1) is 32.6 Å². The van der Waals surface area contributed by atoms with Crippen molar-refractivity contribution in [1.29, 1.82) is 0 Å². The lowest BCUT2D eigenvalue weighted by molar-refractivity contribution is -0.118. The number of aryl methyl sites for hydroxylation is 5. The molecule has 5 atom stereocenters. The fraction of sp³-hybridized carbons (Fsp3) is 0.464. The summed E-state index contributed by atoms with van der Waals surface area (Å²) in [6.45, 7) is 10.6. The van der Waals surface area contributed by atoms with Gasteiger partial charge in [-0.3, -0.25) is 4.79 Å². The molecule has 2 saturated heterocycles. The zero-order valence-corrected chi connectivity index (χ0v) is 19.2. The largest absolute Gasteiger partial charge is 0.511 e. The molecule has 2 aromatic rings. The van der Waals surface area contributed by atoms with E-state index in [0.717, 1.165) is 36.0 Å². The molecular formula is C28H32O3. The second kappa shape index (κ2) is 7.34. The Morgan fingerprint density at radius 2 is 1.65 bits per heavy atom. The Morgan fingerprint density at radius 3 is 2.29 bits per heavy atom. The number of allylic oxidation sites excluding steroid dienone is 1. The van der Waals surface area contributed by atoms with Gasteiger partial charge in [-0.25, -0.2) is 0 Å². The van der Waals surface area contributed by atoms with Gasteiger partial charge in [0.1, 0.15) is 5.76 Å². The Morgan fingerprint density at radius 1 is 0.968 bits per heavy atom. The SMILES string of the molecule is CCc1cc(C)cc(CC)c1C1=C(O)[C@@H]2[C@@H]3O[C@@H](C[C@H]3c3cc(C)ccc3C)[C@@H]2C1=O. The van der Waals surface area contributed by atoms with Crippen LogP contribution in [0.15, 0.2) is 36.1 Å². The molecule has 3 aliphatic rings. The predicted molar refractivity (Wildman–Crippen MR) is 123 cm³/mol. The van der Waals surface area contributed by atoms with Gasteiger partial charge in [-0.2, -0.15) is 0 Å². The first-order valence-electron chi connectivity index (χ1n) is 11.7. The number of aliphatic hydroxyl groups is 1. The number of hydrogen-bond acceptors (Lipinski definition) is 3. The van der Waals surface area contributed by atoms with Crippen molar-refractivity contribution in [3.63, 3.8) is 0 Å². The number of rotatable bonds is 4. The third-order valence-electron chi connectivity index (χ3n) is 7.77. The third-order valence-corrected chi connectivity index (χ3v) is 7.77. The van der Waals surface area contributed by atoms with Gasteiger partial charge in [-0.1, -0.05) is 55.3 Å². The van der Waals surface area contributed by atoms with Gasteiger partial charge in [0.25, 0.3) is 0 Å². The Bertz CT molecular complexity index is 1080. The highest BCUT2D eigenvalue weighted by Crippen LogP contribution is 2.58. The number of Topliss-reactive ketones (excluding diaryl/α,β-unsaturated/α-hetero) is 1. The molecule has 0 saturated carbocycles. The van der Waals surface area contributed by atoms with E-state index in [4.69, 9.17) is 4.74 Å². The molecule has 2 bridgehead atoms. The number of benzene rings is 2. The molecule has 2 fully saturated rings. The minimum Gasteiger partial charge on any atom is -0.511 e. The first-order valence-corrected chi connectivity index (χ1v) is 11.7. The summed E-state index contributed by atoms with van der Waals surface area (Å²) < 4.78 is 6.34. The van der Waals surface area contributed by atoms with Gasteiger partial charge < -0.3 is 9.84 Å². The molecule has 0 amide bonds. The zero-order valence-electron chi connectivity index (χ0n) is 19.2. The van der Waals surface area contributed by atoms with Crippen LogP contribution in [0.1, 0.15) is 65.1 Å². The molecule has 2 heterocycles.